The predicted molar refractivity (Wildman–Crippen MR) is 57.7 cm³/mol. The molecule has 1 heterocycles. The summed E-state index contributed by atoms with van der Waals surface area (Å²) in [6, 6.07) is 3.10. The third kappa shape index (κ3) is 3.16. The summed E-state index contributed by atoms with van der Waals surface area (Å²) < 4.78 is 0. The molecule has 0 aromatic carbocycles. The molecule has 3 nitrogen and oxygen atoms in total. The minimum absolute atomic E-state index is 0.0802. The summed E-state index contributed by atoms with van der Waals surface area (Å²) in [5.41, 5.74) is 0.564. The largest absolute Gasteiger partial charge is 0.326 e. The topological polar surface area (TPSA) is 42.0 Å². The van der Waals surface area contributed by atoms with Crippen molar-refractivity contribution in [3.8, 4) is 0 Å². The highest BCUT2D eigenvalue weighted by atomic mass is 35.5. The second-order valence-electron chi connectivity index (χ2n) is 3.15. The van der Waals surface area contributed by atoms with Crippen molar-refractivity contribution in [1.29, 1.82) is 0 Å². The summed E-state index contributed by atoms with van der Waals surface area (Å²) in [4.78, 5) is 15.1. The Hall–Kier alpha value is -0.800. The molecular weight excluding hydrogens is 223 g/mol. The number of anilines is 1. The molecule has 0 fully saturated rings. The van der Waals surface area contributed by atoms with Gasteiger partial charge in [-0.05, 0) is 12.1 Å². The minimum Gasteiger partial charge on any atom is -0.326 e. The van der Waals surface area contributed by atoms with Crippen molar-refractivity contribution >= 4 is 34.8 Å². The van der Waals surface area contributed by atoms with Gasteiger partial charge in [0.2, 0.25) is 5.91 Å². The highest BCUT2D eigenvalue weighted by molar-refractivity contribution is 6.32. The van der Waals surface area contributed by atoms with Crippen molar-refractivity contribution in [1.82, 2.24) is 4.98 Å². The van der Waals surface area contributed by atoms with E-state index >= 15 is 0 Å². The van der Waals surface area contributed by atoms with Crippen LogP contribution in [0.3, 0.4) is 0 Å². The zero-order valence-electron chi connectivity index (χ0n) is 7.84. The Balaban J connectivity index is 2.82. The van der Waals surface area contributed by atoms with Crippen molar-refractivity contribution < 1.29 is 4.79 Å². The molecule has 0 spiro atoms. The molecule has 1 amide bonds. The first-order valence-corrected chi connectivity index (χ1v) is 4.88. The van der Waals surface area contributed by atoms with Gasteiger partial charge in [0, 0.05) is 11.6 Å². The Morgan fingerprint density at radius 1 is 1.36 bits per heavy atom. The third-order valence-corrected chi connectivity index (χ3v) is 1.94. The summed E-state index contributed by atoms with van der Waals surface area (Å²) in [6.45, 7) is 3.61. The van der Waals surface area contributed by atoms with Crippen LogP contribution in [0.4, 0.5) is 5.69 Å². The number of aromatic nitrogens is 1. The predicted octanol–water partition coefficient (Wildman–Crippen LogP) is 2.98. The highest BCUT2D eigenvalue weighted by Gasteiger charge is 2.08. The molecule has 1 N–H and O–H groups in total. The molecule has 1 aromatic rings. The van der Waals surface area contributed by atoms with Crippen molar-refractivity contribution in [2.45, 2.75) is 13.8 Å². The van der Waals surface area contributed by atoms with Crippen LogP contribution in [0, 0.1) is 5.92 Å². The summed E-state index contributed by atoms with van der Waals surface area (Å²) in [5, 5.41) is 3.20. The molecule has 0 aliphatic rings. The number of nitrogens with one attached hydrogen (secondary N) is 1. The highest BCUT2D eigenvalue weighted by Crippen LogP contribution is 2.18. The monoisotopic (exact) mass is 232 g/mol. The molecule has 0 saturated heterocycles. The van der Waals surface area contributed by atoms with Gasteiger partial charge in [-0.25, -0.2) is 4.98 Å². The van der Waals surface area contributed by atoms with E-state index < -0.39 is 0 Å². The average molecular weight is 233 g/mol. The fraction of sp³-hybridized carbons (Fsp3) is 0.333. The molecule has 1 aromatic heterocycles. The second-order valence-corrected chi connectivity index (χ2v) is 3.92. The minimum atomic E-state index is -0.0827. The molecule has 0 aliphatic carbocycles. The third-order valence-electron chi connectivity index (χ3n) is 1.55. The first-order valence-electron chi connectivity index (χ1n) is 4.13. The Morgan fingerprint density at radius 2 is 1.86 bits per heavy atom. The molecule has 0 saturated carbocycles. The number of hydrogen-bond donors (Lipinski definition) is 1. The maximum Gasteiger partial charge on any atom is 0.226 e. The first-order chi connectivity index (χ1) is 6.49. The van der Waals surface area contributed by atoms with Gasteiger partial charge in [0.1, 0.15) is 10.3 Å². The molecule has 76 valence electrons. The van der Waals surface area contributed by atoms with Crippen LogP contribution in [0.15, 0.2) is 12.1 Å². The average Bonchev–Trinajstić information content (AvgIpc) is 2.01. The normalized spacial score (nSPS) is 10.4. The summed E-state index contributed by atoms with van der Waals surface area (Å²) in [7, 11) is 0. The van der Waals surface area contributed by atoms with Crippen LogP contribution in [-0.2, 0) is 4.79 Å². The van der Waals surface area contributed by atoms with Gasteiger partial charge in [0.05, 0.1) is 0 Å². The Morgan fingerprint density at radius 3 is 2.29 bits per heavy atom. The fourth-order valence-corrected chi connectivity index (χ4v) is 1.28. The van der Waals surface area contributed by atoms with E-state index in [-0.39, 0.29) is 22.1 Å². The smallest absolute Gasteiger partial charge is 0.226 e. The van der Waals surface area contributed by atoms with E-state index in [0.717, 1.165) is 0 Å². The van der Waals surface area contributed by atoms with Gasteiger partial charge >= 0.3 is 0 Å². The SMILES string of the molecule is CC(C)C(=O)Nc1cc(Cl)nc(Cl)c1. The molecule has 14 heavy (non-hydrogen) atoms. The van der Waals surface area contributed by atoms with Crippen molar-refractivity contribution in [2.75, 3.05) is 5.32 Å². The van der Waals surface area contributed by atoms with Gasteiger partial charge in [0.15, 0.2) is 0 Å². The summed E-state index contributed by atoms with van der Waals surface area (Å²) >= 11 is 11.3. The van der Waals surface area contributed by atoms with Crippen LogP contribution in [-0.4, -0.2) is 10.9 Å². The number of halogens is 2. The van der Waals surface area contributed by atoms with E-state index in [9.17, 15) is 4.79 Å². The number of carbonyl (C=O) groups is 1. The lowest BCUT2D eigenvalue weighted by molar-refractivity contribution is -0.118. The summed E-state index contributed by atoms with van der Waals surface area (Å²) in [5.74, 6) is -0.163. The first kappa shape index (κ1) is 11.3. The Labute approximate surface area is 92.4 Å². The lowest BCUT2D eigenvalue weighted by atomic mass is 10.2. The quantitative estimate of drug-likeness (QED) is 0.798. The van der Waals surface area contributed by atoms with Gasteiger partial charge in [0.25, 0.3) is 0 Å². The molecule has 0 bridgehead atoms. The van der Waals surface area contributed by atoms with Gasteiger partial charge in [-0.2, -0.15) is 0 Å². The van der Waals surface area contributed by atoms with Crippen LogP contribution in [0.5, 0.6) is 0 Å². The number of hydrogen-bond acceptors (Lipinski definition) is 2. The standard InChI is InChI=1S/C9H10Cl2N2O/c1-5(2)9(14)12-6-3-7(10)13-8(11)4-6/h3-5H,1-2H3,(H,12,13,14). The molecule has 0 aliphatic heterocycles. The van der Waals surface area contributed by atoms with Gasteiger partial charge < -0.3 is 5.32 Å². The van der Waals surface area contributed by atoms with E-state index in [4.69, 9.17) is 23.2 Å². The number of pyridine rings is 1. The van der Waals surface area contributed by atoms with Crippen LogP contribution < -0.4 is 5.32 Å². The molecule has 0 radical (unpaired) electrons. The number of rotatable bonds is 2. The lowest BCUT2D eigenvalue weighted by Gasteiger charge is -2.07. The zero-order valence-corrected chi connectivity index (χ0v) is 9.36. The Bertz CT molecular complexity index is 332. The molecule has 5 heteroatoms. The van der Waals surface area contributed by atoms with E-state index in [1.165, 1.54) is 0 Å². The summed E-state index contributed by atoms with van der Waals surface area (Å²) in [6.07, 6.45) is 0. The molecule has 1 rings (SSSR count). The van der Waals surface area contributed by atoms with Crippen molar-refractivity contribution in [3.63, 3.8) is 0 Å². The van der Waals surface area contributed by atoms with E-state index in [1.807, 2.05) is 0 Å². The molecule has 0 atom stereocenters. The van der Waals surface area contributed by atoms with Crippen LogP contribution in [0.1, 0.15) is 13.8 Å². The molecule has 0 unspecified atom stereocenters. The zero-order chi connectivity index (χ0) is 10.7. The number of nitrogens with zero attached hydrogens (tertiary/aromatic N) is 1. The number of carbonyl (C=O) groups excluding carboxylic acids is 1. The fourth-order valence-electron chi connectivity index (χ4n) is 0.824. The molecular formula is C9H10Cl2N2O. The van der Waals surface area contributed by atoms with E-state index in [2.05, 4.69) is 10.3 Å². The lowest BCUT2D eigenvalue weighted by Crippen LogP contribution is -2.17. The van der Waals surface area contributed by atoms with Gasteiger partial charge in [-0.15, -0.1) is 0 Å². The Kier molecular flexibility index (Phi) is 3.72. The number of amides is 1. The van der Waals surface area contributed by atoms with Gasteiger partial charge in [-0.1, -0.05) is 37.0 Å². The van der Waals surface area contributed by atoms with Crippen molar-refractivity contribution in [2.24, 2.45) is 5.92 Å². The van der Waals surface area contributed by atoms with E-state index in [0.29, 0.717) is 5.69 Å². The maximum atomic E-state index is 11.3. The van der Waals surface area contributed by atoms with Crippen LogP contribution >= 0.6 is 23.2 Å². The van der Waals surface area contributed by atoms with Crippen LogP contribution in [0.2, 0.25) is 10.3 Å². The van der Waals surface area contributed by atoms with Crippen LogP contribution in [0.25, 0.3) is 0 Å². The van der Waals surface area contributed by atoms with E-state index in [1.54, 1.807) is 26.0 Å². The second kappa shape index (κ2) is 4.62. The van der Waals surface area contributed by atoms with Gasteiger partial charge in [-0.3, -0.25) is 4.79 Å². The maximum absolute atomic E-state index is 11.3. The van der Waals surface area contributed by atoms with Crippen molar-refractivity contribution in [3.05, 3.63) is 22.4 Å².